The third kappa shape index (κ3) is 6.97. The summed E-state index contributed by atoms with van der Waals surface area (Å²) < 4.78 is 5.59. The van der Waals surface area contributed by atoms with Crippen LogP contribution in [-0.2, 0) is 16.0 Å². The van der Waals surface area contributed by atoms with E-state index >= 15 is 0 Å². The van der Waals surface area contributed by atoms with Gasteiger partial charge in [-0.3, -0.25) is 0 Å². The Hall–Kier alpha value is -3.66. The molecule has 0 fully saturated rings. The van der Waals surface area contributed by atoms with E-state index in [9.17, 15) is 14.7 Å². The van der Waals surface area contributed by atoms with Crippen molar-refractivity contribution in [1.29, 1.82) is 0 Å². The Labute approximate surface area is 224 Å². The number of carbonyl (C=O) groups excluding carboxylic acids is 1. The molecule has 0 aliphatic rings. The molecule has 190 valence electrons. The Bertz CT molecular complexity index is 1160. The van der Waals surface area contributed by atoms with Crippen LogP contribution in [0.2, 0.25) is 0 Å². The molecule has 1 unspecified atom stereocenters. The highest BCUT2D eigenvalue weighted by molar-refractivity contribution is 7.95. The molecule has 1 atom stereocenters. The summed E-state index contributed by atoms with van der Waals surface area (Å²) in [6.45, 7) is 0.149. The van der Waals surface area contributed by atoms with E-state index in [1.807, 2.05) is 84.9 Å². The van der Waals surface area contributed by atoms with E-state index in [4.69, 9.17) is 4.74 Å². The van der Waals surface area contributed by atoms with Crippen molar-refractivity contribution in [2.45, 2.75) is 12.5 Å². The number of nitrogens with one attached hydrogen (secondary N) is 1. The normalized spacial score (nSPS) is 11.6. The van der Waals surface area contributed by atoms with Gasteiger partial charge in [-0.05, 0) is 42.0 Å². The molecule has 5 nitrogen and oxygen atoms in total. The minimum absolute atomic E-state index is 0. The first kappa shape index (κ1) is 27.9. The van der Waals surface area contributed by atoms with Gasteiger partial charge in [-0.2, -0.15) is 0 Å². The molecular weight excluding hydrogens is 505 g/mol. The first-order valence-electron chi connectivity index (χ1n) is 11.8. The lowest BCUT2D eigenvalue weighted by atomic mass is 10.1. The number of carbonyl (C=O) groups is 2. The molecule has 37 heavy (non-hydrogen) atoms. The summed E-state index contributed by atoms with van der Waals surface area (Å²) >= 11 is 0. The first-order valence-corrected chi connectivity index (χ1v) is 13.8. The van der Waals surface area contributed by atoms with Crippen LogP contribution in [0.4, 0.5) is 4.79 Å². The maximum absolute atomic E-state index is 12.7. The SMILES string of the molecule is O=C(NC(Cc1ccccc1)C(=O)O)OCC[P+](c1ccccc1)(c1ccccc1)c1ccccc1.[Cl-]. The van der Waals surface area contributed by atoms with Crippen molar-refractivity contribution < 1.29 is 31.8 Å². The molecule has 0 aliphatic carbocycles. The van der Waals surface area contributed by atoms with Gasteiger partial charge >= 0.3 is 12.1 Å². The zero-order chi connectivity index (χ0) is 25.2. The van der Waals surface area contributed by atoms with E-state index in [1.165, 1.54) is 15.9 Å². The number of carboxylic acid groups (broad SMARTS) is 1. The molecule has 4 aromatic rings. The Kier molecular flexibility index (Phi) is 10.3. The summed E-state index contributed by atoms with van der Waals surface area (Å²) in [6, 6.07) is 39.1. The lowest BCUT2D eigenvalue weighted by molar-refractivity contribution is -0.139. The summed E-state index contributed by atoms with van der Waals surface area (Å²) in [5.74, 6) is -1.10. The Balaban J connectivity index is 0.00000380. The van der Waals surface area contributed by atoms with Crippen molar-refractivity contribution in [3.8, 4) is 0 Å². The summed E-state index contributed by atoms with van der Waals surface area (Å²) in [6.07, 6.45) is 0.0420. The number of ether oxygens (including phenoxy) is 1. The molecule has 0 saturated heterocycles. The third-order valence-electron chi connectivity index (χ3n) is 6.12. The van der Waals surface area contributed by atoms with Gasteiger partial charge in [0.05, 0.1) is 0 Å². The predicted molar refractivity (Wildman–Crippen MR) is 146 cm³/mol. The van der Waals surface area contributed by atoms with Crippen LogP contribution in [0.15, 0.2) is 121 Å². The van der Waals surface area contributed by atoms with E-state index in [2.05, 4.69) is 41.7 Å². The quantitative estimate of drug-likeness (QED) is 0.302. The number of halogens is 1. The number of benzene rings is 4. The lowest BCUT2D eigenvalue weighted by Crippen LogP contribution is -3.00. The van der Waals surface area contributed by atoms with Crippen molar-refractivity contribution in [3.05, 3.63) is 127 Å². The molecule has 0 radical (unpaired) electrons. The topological polar surface area (TPSA) is 75.6 Å². The van der Waals surface area contributed by atoms with Crippen molar-refractivity contribution in [2.75, 3.05) is 12.8 Å². The molecular formula is C30H29ClNO4P. The first-order chi connectivity index (χ1) is 17.6. The minimum Gasteiger partial charge on any atom is -1.00 e. The second-order valence-electron chi connectivity index (χ2n) is 8.40. The maximum atomic E-state index is 12.7. The standard InChI is InChI=1S/C30H28NO4P.ClH/c32-29(33)28(23-24-13-5-1-6-14-24)31-30(34)35-21-22-36(25-15-7-2-8-16-25,26-17-9-3-10-18-26)27-19-11-4-12-20-27;/h1-20,28H,21-23H2,(H-,31,32,33,34);1H. The summed E-state index contributed by atoms with van der Waals surface area (Å²) in [5, 5.41) is 15.7. The highest BCUT2D eigenvalue weighted by Gasteiger charge is 2.45. The van der Waals surface area contributed by atoms with Crippen molar-refractivity contribution >= 4 is 35.2 Å². The molecule has 0 bridgehead atoms. The highest BCUT2D eigenvalue weighted by atomic mass is 35.5. The van der Waals surface area contributed by atoms with Crippen molar-refractivity contribution in [2.24, 2.45) is 0 Å². The van der Waals surface area contributed by atoms with Gasteiger partial charge in [-0.1, -0.05) is 84.9 Å². The second kappa shape index (κ2) is 13.6. The Morgan fingerprint density at radius 2 is 1.11 bits per heavy atom. The van der Waals surface area contributed by atoms with Crippen LogP contribution >= 0.6 is 7.26 Å². The van der Waals surface area contributed by atoms with Gasteiger partial charge in [0.2, 0.25) is 0 Å². The molecule has 4 rings (SSSR count). The number of hydrogen-bond acceptors (Lipinski definition) is 3. The predicted octanol–water partition coefficient (Wildman–Crippen LogP) is 1.41. The number of hydrogen-bond donors (Lipinski definition) is 2. The second-order valence-corrected chi connectivity index (χ2v) is 12.0. The zero-order valence-electron chi connectivity index (χ0n) is 20.2. The van der Waals surface area contributed by atoms with E-state index in [1.54, 1.807) is 0 Å². The van der Waals surface area contributed by atoms with E-state index < -0.39 is 25.4 Å². The summed E-state index contributed by atoms with van der Waals surface area (Å²) in [4.78, 5) is 24.4. The largest absolute Gasteiger partial charge is 1.00 e. The summed E-state index contributed by atoms with van der Waals surface area (Å²) in [5.41, 5.74) is 0.826. The average molecular weight is 534 g/mol. The highest BCUT2D eigenvalue weighted by Crippen LogP contribution is 2.54. The van der Waals surface area contributed by atoms with Gasteiger partial charge in [-0.25, -0.2) is 9.59 Å². The zero-order valence-corrected chi connectivity index (χ0v) is 21.9. The number of aliphatic carboxylic acids is 1. The van der Waals surface area contributed by atoms with Crippen LogP contribution in [0.3, 0.4) is 0 Å². The number of carboxylic acids is 1. The van der Waals surface area contributed by atoms with E-state index in [0.29, 0.717) is 6.16 Å². The molecule has 0 saturated carbocycles. The van der Waals surface area contributed by atoms with Crippen LogP contribution < -0.4 is 33.6 Å². The van der Waals surface area contributed by atoms with Gasteiger partial charge in [0.1, 0.15) is 42.0 Å². The number of amides is 1. The van der Waals surface area contributed by atoms with Crippen LogP contribution in [0.5, 0.6) is 0 Å². The van der Waals surface area contributed by atoms with Crippen molar-refractivity contribution in [3.63, 3.8) is 0 Å². The number of rotatable bonds is 10. The van der Waals surface area contributed by atoms with E-state index in [0.717, 1.165) is 5.56 Å². The smallest absolute Gasteiger partial charge is 0.407 e. The molecule has 0 aliphatic heterocycles. The molecule has 1 amide bonds. The Morgan fingerprint density at radius 3 is 1.51 bits per heavy atom. The van der Waals surface area contributed by atoms with Crippen LogP contribution in [0.1, 0.15) is 5.56 Å². The third-order valence-corrected chi connectivity index (χ3v) is 10.5. The van der Waals surface area contributed by atoms with Crippen LogP contribution in [0, 0.1) is 0 Å². The van der Waals surface area contributed by atoms with Crippen molar-refractivity contribution in [1.82, 2.24) is 5.32 Å². The van der Waals surface area contributed by atoms with Gasteiger partial charge in [0, 0.05) is 6.42 Å². The van der Waals surface area contributed by atoms with Gasteiger partial charge in [0.25, 0.3) is 0 Å². The van der Waals surface area contributed by atoms with Crippen LogP contribution in [0.25, 0.3) is 0 Å². The molecule has 2 N–H and O–H groups in total. The fourth-order valence-electron chi connectivity index (χ4n) is 4.39. The van der Waals surface area contributed by atoms with Gasteiger partial charge in [-0.15, -0.1) is 0 Å². The fraction of sp³-hybridized carbons (Fsp3) is 0.133. The van der Waals surface area contributed by atoms with Gasteiger partial charge in [0.15, 0.2) is 0 Å². The maximum Gasteiger partial charge on any atom is 0.407 e. The van der Waals surface area contributed by atoms with E-state index in [-0.39, 0.29) is 25.4 Å². The number of alkyl carbamates (subject to hydrolysis) is 1. The molecule has 0 aromatic heterocycles. The Morgan fingerprint density at radius 1 is 0.703 bits per heavy atom. The lowest BCUT2D eigenvalue weighted by Gasteiger charge is -2.27. The summed E-state index contributed by atoms with van der Waals surface area (Å²) in [7, 11) is -2.14. The fourth-order valence-corrected chi connectivity index (χ4v) is 8.47. The molecule has 0 heterocycles. The molecule has 4 aromatic carbocycles. The average Bonchev–Trinajstić information content (AvgIpc) is 2.93. The van der Waals surface area contributed by atoms with Gasteiger partial charge < -0.3 is 27.6 Å². The monoisotopic (exact) mass is 533 g/mol. The van der Waals surface area contributed by atoms with Crippen LogP contribution in [-0.4, -0.2) is 36.0 Å². The molecule has 7 heteroatoms. The minimum atomic E-state index is -2.14. The molecule has 0 spiro atoms.